The molecule has 0 aliphatic heterocycles. The van der Waals surface area contributed by atoms with Gasteiger partial charge in [0.15, 0.2) is 5.65 Å². The van der Waals surface area contributed by atoms with E-state index in [2.05, 4.69) is 44.4 Å². The Morgan fingerprint density at radius 2 is 1.90 bits per heavy atom. The van der Waals surface area contributed by atoms with Crippen LogP contribution in [0.1, 0.15) is 25.1 Å². The van der Waals surface area contributed by atoms with Crippen molar-refractivity contribution in [3.8, 4) is 11.3 Å². The second-order valence-corrected chi connectivity index (χ2v) is 6.15. The van der Waals surface area contributed by atoms with Crippen LogP contribution in [0.5, 0.6) is 0 Å². The smallest absolute Gasteiger partial charge is 0.169 e. The van der Waals surface area contributed by atoms with Gasteiger partial charge >= 0.3 is 0 Å². The highest BCUT2D eigenvalue weighted by molar-refractivity contribution is 14.2. The van der Waals surface area contributed by atoms with Crippen molar-refractivity contribution in [3.05, 3.63) is 29.8 Å². The van der Waals surface area contributed by atoms with Crippen LogP contribution in [-0.4, -0.2) is 23.7 Å². The Balaban J connectivity index is 0.000000774. The van der Waals surface area contributed by atoms with Gasteiger partial charge in [-0.2, -0.15) is 5.10 Å². The first-order valence-corrected chi connectivity index (χ1v) is 10.1. The van der Waals surface area contributed by atoms with Gasteiger partial charge in [0, 0.05) is 55.3 Å². The van der Waals surface area contributed by atoms with Crippen molar-refractivity contribution < 1.29 is 0 Å². The number of hydrogen-bond donors (Lipinski definition) is 0. The first-order chi connectivity index (χ1) is 10.1. The van der Waals surface area contributed by atoms with Gasteiger partial charge in [0.05, 0.1) is 17.6 Å². The lowest BCUT2D eigenvalue weighted by Crippen LogP contribution is -1.90. The van der Waals surface area contributed by atoms with E-state index in [1.54, 1.807) is 13.8 Å². The van der Waals surface area contributed by atoms with Crippen LogP contribution in [0.15, 0.2) is 18.6 Å². The van der Waals surface area contributed by atoms with Crippen molar-refractivity contribution in [2.45, 2.75) is 27.7 Å². The maximum atomic E-state index is 4.73. The Hall–Kier alpha value is -1.09. The molecule has 7 heteroatoms. The van der Waals surface area contributed by atoms with Crippen LogP contribution in [0, 0.1) is 13.8 Å². The Kier molecular flexibility index (Phi) is 5.26. The molecule has 5 nitrogen and oxygen atoms in total. The molecule has 3 aromatic rings. The Morgan fingerprint density at radius 3 is 2.48 bits per heavy atom. The molecule has 3 aromatic heterocycles. The van der Waals surface area contributed by atoms with Crippen molar-refractivity contribution in [1.29, 1.82) is 0 Å². The van der Waals surface area contributed by atoms with E-state index in [0.717, 1.165) is 33.7 Å². The van der Waals surface area contributed by atoms with Gasteiger partial charge in [0.2, 0.25) is 0 Å². The molecule has 0 radical (unpaired) electrons. The first-order valence-electron chi connectivity index (χ1n) is 6.74. The Labute approximate surface area is 140 Å². The van der Waals surface area contributed by atoms with E-state index >= 15 is 0 Å². The normalized spacial score (nSPS) is 10.6. The molecule has 0 amide bonds. The predicted molar refractivity (Wildman–Crippen MR) is 97.6 cm³/mol. The summed E-state index contributed by atoms with van der Waals surface area (Å²) in [5, 5.41) is 4.35. The van der Waals surface area contributed by atoms with Crippen LogP contribution in [0.3, 0.4) is 0 Å². The fourth-order valence-corrected chi connectivity index (χ4v) is 3.44. The van der Waals surface area contributed by atoms with Gasteiger partial charge in [-0.25, -0.2) is 9.97 Å². The van der Waals surface area contributed by atoms with Crippen LogP contribution in [-0.2, 0) is 7.05 Å². The number of fused-ring (bicyclic) bond motifs is 1. The molecule has 0 unspecified atom stereocenters. The van der Waals surface area contributed by atoms with Crippen LogP contribution >= 0.6 is 30.3 Å². The molecule has 0 spiro atoms. The molecule has 112 valence electrons. The summed E-state index contributed by atoms with van der Waals surface area (Å²) < 4.78 is 3.83. The zero-order chi connectivity index (χ0) is 15.6. The van der Waals surface area contributed by atoms with Gasteiger partial charge in [-0.05, 0) is 19.4 Å². The largest absolute Gasteiger partial charge is 0.275 e. The highest BCUT2D eigenvalue weighted by Crippen LogP contribution is 2.28. The summed E-state index contributed by atoms with van der Waals surface area (Å²) in [5.74, 6) is 0. The van der Waals surface area contributed by atoms with Crippen molar-refractivity contribution in [2.24, 2.45) is 7.05 Å². The number of nitrogens with zero attached hydrogens (tertiary/aromatic N) is 5. The van der Waals surface area contributed by atoms with E-state index in [4.69, 9.17) is 4.98 Å². The number of halogens is 1. The minimum absolute atomic E-state index is 0.873. The molecule has 3 heterocycles. The topological polar surface area (TPSA) is 48.5 Å². The third kappa shape index (κ3) is 3.08. The van der Waals surface area contributed by atoms with Crippen molar-refractivity contribution >= 4 is 41.5 Å². The van der Waals surface area contributed by atoms with Gasteiger partial charge in [0.25, 0.3) is 0 Å². The lowest BCUT2D eigenvalue weighted by molar-refractivity contribution is 0.756. The molecule has 0 N–H and O–H groups in total. The minimum atomic E-state index is 0.873. The second-order valence-electron chi connectivity index (χ2n) is 4.44. The van der Waals surface area contributed by atoms with Crippen molar-refractivity contribution in [1.82, 2.24) is 23.7 Å². The monoisotopic (exact) mass is 415 g/mol. The lowest BCUT2D eigenvalue weighted by Gasteiger charge is -2.00. The molecule has 21 heavy (non-hydrogen) atoms. The summed E-state index contributed by atoms with van der Waals surface area (Å²) in [7, 11) is 3.51. The van der Waals surface area contributed by atoms with E-state index in [-0.39, 0.29) is 0 Å². The maximum absolute atomic E-state index is 4.73. The zero-order valence-corrected chi connectivity index (χ0v) is 15.7. The molecule has 0 saturated carbocycles. The number of aryl methyl sites for hydroxylation is 3. The summed E-state index contributed by atoms with van der Waals surface area (Å²) in [4.78, 5) is 9.27. The van der Waals surface area contributed by atoms with Crippen molar-refractivity contribution in [2.75, 3.05) is 0 Å². The molecule has 0 bridgehead atoms. The Bertz CT molecular complexity index is 762. The highest BCUT2D eigenvalue weighted by Gasteiger charge is 2.13. The van der Waals surface area contributed by atoms with Crippen LogP contribution in [0.2, 0.25) is 0 Å². The predicted octanol–water partition coefficient (Wildman–Crippen LogP) is 4.32. The minimum Gasteiger partial charge on any atom is -0.275 e. The van der Waals surface area contributed by atoms with E-state index in [0.29, 0.717) is 0 Å². The molecule has 0 fully saturated rings. The molecule has 0 atom stereocenters. The molecular weight excluding hydrogens is 397 g/mol. The lowest BCUT2D eigenvalue weighted by atomic mass is 10.2. The first kappa shape index (κ1) is 16.3. The molecular formula is C14H18IN5S. The fourth-order valence-electron chi connectivity index (χ4n) is 2.14. The quantitative estimate of drug-likeness (QED) is 0.585. The fraction of sp³-hybridized carbons (Fsp3) is 0.357. The molecule has 0 saturated heterocycles. The number of hydrogen-bond acceptors (Lipinski definition) is 4. The van der Waals surface area contributed by atoms with E-state index in [9.17, 15) is 0 Å². The third-order valence-corrected chi connectivity index (χ3v) is 4.71. The summed E-state index contributed by atoms with van der Waals surface area (Å²) in [5.41, 5.74) is 5.86. The third-order valence-electron chi connectivity index (χ3n) is 3.01. The number of aromatic nitrogens is 5. The second kappa shape index (κ2) is 6.78. The Morgan fingerprint density at radius 1 is 1.19 bits per heavy atom. The SMILES string of the molecule is CC.Cc1nn(C)cc1-c1cnc2c(n1)c(C)cn2SI. The summed E-state index contributed by atoms with van der Waals surface area (Å²) in [6.07, 6.45) is 5.85. The van der Waals surface area contributed by atoms with Crippen LogP contribution in [0.25, 0.3) is 22.4 Å². The van der Waals surface area contributed by atoms with Gasteiger partial charge in [-0.1, -0.05) is 13.8 Å². The van der Waals surface area contributed by atoms with E-state index < -0.39 is 0 Å². The van der Waals surface area contributed by atoms with Crippen molar-refractivity contribution in [3.63, 3.8) is 0 Å². The highest BCUT2D eigenvalue weighted by atomic mass is 127. The average molecular weight is 415 g/mol. The van der Waals surface area contributed by atoms with Crippen LogP contribution in [0.4, 0.5) is 0 Å². The van der Waals surface area contributed by atoms with Gasteiger partial charge < -0.3 is 0 Å². The van der Waals surface area contributed by atoms with Gasteiger partial charge in [0.1, 0.15) is 5.52 Å². The average Bonchev–Trinajstić information content (AvgIpc) is 3.00. The molecule has 3 rings (SSSR count). The summed E-state index contributed by atoms with van der Waals surface area (Å²) in [6, 6.07) is 0. The zero-order valence-electron chi connectivity index (χ0n) is 12.8. The standard InChI is InChI=1S/C12H12IN5S.C2H6/c1-7-5-18(19-13)12-11(7)15-10(4-14-12)9-6-17(3)16-8(9)2;1-2/h4-6H,1-3H3;1-2H3. The molecule has 0 aliphatic rings. The van der Waals surface area contributed by atoms with Gasteiger partial charge in [-0.15, -0.1) is 0 Å². The van der Waals surface area contributed by atoms with Crippen LogP contribution < -0.4 is 0 Å². The van der Waals surface area contributed by atoms with E-state index in [1.807, 2.05) is 44.2 Å². The number of rotatable bonds is 2. The van der Waals surface area contributed by atoms with E-state index in [1.165, 1.54) is 0 Å². The summed E-state index contributed by atoms with van der Waals surface area (Å²) >= 11 is 2.24. The van der Waals surface area contributed by atoms with Gasteiger partial charge in [-0.3, -0.25) is 8.65 Å². The maximum Gasteiger partial charge on any atom is 0.169 e. The summed E-state index contributed by atoms with van der Waals surface area (Å²) in [6.45, 7) is 8.04. The molecule has 0 aliphatic carbocycles. The molecule has 0 aromatic carbocycles.